The predicted octanol–water partition coefficient (Wildman–Crippen LogP) is 12.1. The Morgan fingerprint density at radius 2 is 0.925 bits per heavy atom. The van der Waals surface area contributed by atoms with E-state index in [1.807, 2.05) is 42.6 Å². The molecule has 3 heteroatoms. The van der Waals surface area contributed by atoms with Gasteiger partial charge in [0.15, 0.2) is 5.82 Å². The van der Waals surface area contributed by atoms with Crippen molar-refractivity contribution in [3.63, 3.8) is 0 Å². The van der Waals surface area contributed by atoms with Crippen molar-refractivity contribution in [2.45, 2.75) is 5.41 Å². The highest BCUT2D eigenvalue weighted by Gasteiger charge is 2.46. The van der Waals surface area contributed by atoms with Gasteiger partial charge in [0.05, 0.1) is 22.5 Å². The Kier molecular flexibility index (Phi) is 7.36. The standard InChI is InChI=1S/C50H33N3/c1-4-17-34(18-5-1)49-52-46(33-47(53-49)45-29-14-15-32-51-45)40-31-30-39(37-23-10-11-24-38(37)40)41-26-16-28-44-48(41)42-25-12-13-27-43(42)50(44,35-19-6-2-7-20-35)36-21-8-3-9-22-36/h1-33H. The van der Waals surface area contributed by atoms with Crippen molar-refractivity contribution in [3.8, 4) is 56.3 Å². The second-order valence-corrected chi connectivity index (χ2v) is 13.5. The van der Waals surface area contributed by atoms with Crippen molar-refractivity contribution in [2.75, 3.05) is 0 Å². The molecule has 0 unspecified atom stereocenters. The third-order valence-electron chi connectivity index (χ3n) is 10.7. The van der Waals surface area contributed by atoms with Crippen LogP contribution >= 0.6 is 0 Å². The Balaban J connectivity index is 1.22. The molecule has 0 radical (unpaired) electrons. The van der Waals surface area contributed by atoms with Crippen LogP contribution in [0.4, 0.5) is 0 Å². The first-order valence-electron chi connectivity index (χ1n) is 18.0. The lowest BCUT2D eigenvalue weighted by Gasteiger charge is -2.34. The highest BCUT2D eigenvalue weighted by Crippen LogP contribution is 2.58. The lowest BCUT2D eigenvalue weighted by atomic mass is 9.67. The highest BCUT2D eigenvalue weighted by molar-refractivity contribution is 6.08. The van der Waals surface area contributed by atoms with Crippen LogP contribution in [0.25, 0.3) is 67.1 Å². The molecule has 3 nitrogen and oxygen atoms in total. The molecule has 1 aliphatic carbocycles. The molecule has 248 valence electrons. The summed E-state index contributed by atoms with van der Waals surface area (Å²) in [6.07, 6.45) is 1.81. The van der Waals surface area contributed by atoms with E-state index >= 15 is 0 Å². The molecule has 10 rings (SSSR count). The number of nitrogens with zero attached hydrogens (tertiary/aromatic N) is 3. The molecule has 2 heterocycles. The third kappa shape index (κ3) is 4.93. The Hall–Kier alpha value is -6.97. The maximum Gasteiger partial charge on any atom is 0.160 e. The van der Waals surface area contributed by atoms with Gasteiger partial charge in [0, 0.05) is 17.3 Å². The van der Waals surface area contributed by atoms with Gasteiger partial charge in [0.25, 0.3) is 0 Å². The predicted molar refractivity (Wildman–Crippen MR) is 216 cm³/mol. The van der Waals surface area contributed by atoms with Crippen LogP contribution < -0.4 is 0 Å². The smallest absolute Gasteiger partial charge is 0.160 e. The number of fused-ring (bicyclic) bond motifs is 4. The van der Waals surface area contributed by atoms with E-state index in [2.05, 4.69) is 163 Å². The third-order valence-corrected chi connectivity index (χ3v) is 10.7. The van der Waals surface area contributed by atoms with E-state index in [1.54, 1.807) is 0 Å². The largest absolute Gasteiger partial charge is 0.255 e. The molecule has 53 heavy (non-hydrogen) atoms. The van der Waals surface area contributed by atoms with Crippen LogP contribution in [0.1, 0.15) is 22.3 Å². The Morgan fingerprint density at radius 3 is 1.64 bits per heavy atom. The maximum atomic E-state index is 5.19. The molecule has 1 aliphatic rings. The molecule has 2 aromatic heterocycles. The molecule has 0 amide bonds. The summed E-state index contributed by atoms with van der Waals surface area (Å²) in [6, 6.07) is 69.2. The summed E-state index contributed by atoms with van der Waals surface area (Å²) in [5.41, 5.74) is 14.1. The van der Waals surface area contributed by atoms with Crippen molar-refractivity contribution < 1.29 is 0 Å². The van der Waals surface area contributed by atoms with Crippen LogP contribution in [0.2, 0.25) is 0 Å². The van der Waals surface area contributed by atoms with E-state index in [1.165, 1.54) is 49.9 Å². The van der Waals surface area contributed by atoms with E-state index in [-0.39, 0.29) is 0 Å². The summed E-state index contributed by atoms with van der Waals surface area (Å²) in [5, 5.41) is 2.31. The van der Waals surface area contributed by atoms with Gasteiger partial charge in [-0.25, -0.2) is 9.97 Å². The fraction of sp³-hybridized carbons (Fsp3) is 0.0200. The molecule has 0 N–H and O–H groups in total. The highest BCUT2D eigenvalue weighted by atomic mass is 14.9. The fourth-order valence-electron chi connectivity index (χ4n) is 8.42. The van der Waals surface area contributed by atoms with Gasteiger partial charge in [-0.3, -0.25) is 4.98 Å². The number of benzene rings is 7. The number of hydrogen-bond acceptors (Lipinski definition) is 3. The van der Waals surface area contributed by atoms with Gasteiger partial charge < -0.3 is 0 Å². The van der Waals surface area contributed by atoms with Crippen molar-refractivity contribution in [1.82, 2.24) is 15.0 Å². The molecule has 0 fully saturated rings. The second kappa shape index (κ2) is 12.7. The summed E-state index contributed by atoms with van der Waals surface area (Å²) < 4.78 is 0. The minimum Gasteiger partial charge on any atom is -0.255 e. The normalized spacial score (nSPS) is 12.7. The Morgan fingerprint density at radius 1 is 0.358 bits per heavy atom. The number of aromatic nitrogens is 3. The summed E-state index contributed by atoms with van der Waals surface area (Å²) in [7, 11) is 0. The number of hydrogen-bond donors (Lipinski definition) is 0. The molecule has 0 saturated carbocycles. The van der Waals surface area contributed by atoms with Gasteiger partial charge in [-0.1, -0.05) is 176 Å². The molecular formula is C50H33N3. The first-order valence-corrected chi connectivity index (χ1v) is 18.0. The van der Waals surface area contributed by atoms with Crippen LogP contribution in [-0.2, 0) is 5.41 Å². The maximum absolute atomic E-state index is 5.19. The SMILES string of the molecule is c1ccc(-c2nc(-c3ccccn3)cc(-c3ccc(-c4cccc5c4-c4ccccc4C5(c4ccccc4)c4ccccc4)c4ccccc34)n2)cc1. The first-order chi connectivity index (χ1) is 26.3. The van der Waals surface area contributed by atoms with E-state index in [0.717, 1.165) is 33.6 Å². The molecule has 0 spiro atoms. The second-order valence-electron chi connectivity index (χ2n) is 13.5. The van der Waals surface area contributed by atoms with Crippen molar-refractivity contribution >= 4 is 10.8 Å². The van der Waals surface area contributed by atoms with Crippen LogP contribution in [0.15, 0.2) is 200 Å². The van der Waals surface area contributed by atoms with E-state index in [0.29, 0.717) is 5.82 Å². The summed E-state index contributed by atoms with van der Waals surface area (Å²) in [5.74, 6) is 0.674. The van der Waals surface area contributed by atoms with Gasteiger partial charge >= 0.3 is 0 Å². The van der Waals surface area contributed by atoms with E-state index < -0.39 is 5.41 Å². The van der Waals surface area contributed by atoms with Crippen LogP contribution in [-0.4, -0.2) is 15.0 Å². The zero-order valence-corrected chi connectivity index (χ0v) is 28.9. The number of rotatable bonds is 6. The van der Waals surface area contributed by atoms with E-state index in [9.17, 15) is 0 Å². The molecule has 7 aromatic carbocycles. The van der Waals surface area contributed by atoms with Gasteiger partial charge in [-0.15, -0.1) is 0 Å². The zero-order valence-electron chi connectivity index (χ0n) is 28.9. The van der Waals surface area contributed by atoms with Crippen molar-refractivity contribution in [2.24, 2.45) is 0 Å². The van der Waals surface area contributed by atoms with Crippen LogP contribution in [0.3, 0.4) is 0 Å². The summed E-state index contributed by atoms with van der Waals surface area (Å²) in [6.45, 7) is 0. The first kappa shape index (κ1) is 30.8. The van der Waals surface area contributed by atoms with Crippen LogP contribution in [0, 0.1) is 0 Å². The zero-order chi connectivity index (χ0) is 35.2. The molecule has 0 bridgehead atoms. The van der Waals surface area contributed by atoms with Gasteiger partial charge in [0.2, 0.25) is 0 Å². The number of pyridine rings is 1. The van der Waals surface area contributed by atoms with Gasteiger partial charge in [0.1, 0.15) is 0 Å². The van der Waals surface area contributed by atoms with Crippen molar-refractivity contribution in [3.05, 3.63) is 223 Å². The molecule has 0 atom stereocenters. The molecule has 0 aliphatic heterocycles. The quantitative estimate of drug-likeness (QED) is 0.176. The lowest BCUT2D eigenvalue weighted by molar-refractivity contribution is 0.768. The van der Waals surface area contributed by atoms with Gasteiger partial charge in [-0.2, -0.15) is 0 Å². The summed E-state index contributed by atoms with van der Waals surface area (Å²) >= 11 is 0. The average Bonchev–Trinajstić information content (AvgIpc) is 3.56. The molecule has 9 aromatic rings. The molecule has 0 saturated heterocycles. The monoisotopic (exact) mass is 675 g/mol. The van der Waals surface area contributed by atoms with Gasteiger partial charge in [-0.05, 0) is 73.5 Å². The lowest BCUT2D eigenvalue weighted by Crippen LogP contribution is -2.28. The fourth-order valence-corrected chi connectivity index (χ4v) is 8.42. The summed E-state index contributed by atoms with van der Waals surface area (Å²) in [4.78, 5) is 14.8. The Labute approximate surface area is 309 Å². The topological polar surface area (TPSA) is 38.7 Å². The molecular weight excluding hydrogens is 643 g/mol. The van der Waals surface area contributed by atoms with E-state index in [4.69, 9.17) is 9.97 Å². The van der Waals surface area contributed by atoms with Crippen LogP contribution in [0.5, 0.6) is 0 Å². The average molecular weight is 676 g/mol. The minimum atomic E-state index is -0.461. The van der Waals surface area contributed by atoms with Crippen molar-refractivity contribution in [1.29, 1.82) is 0 Å². The minimum absolute atomic E-state index is 0.461. The Bertz CT molecular complexity index is 2660.